The van der Waals surface area contributed by atoms with Crippen LogP contribution >= 0.6 is 0 Å². The average Bonchev–Trinajstić information content (AvgIpc) is 2.99. The summed E-state index contributed by atoms with van der Waals surface area (Å²) < 4.78 is 33.4. The van der Waals surface area contributed by atoms with Gasteiger partial charge in [-0.25, -0.2) is 19.2 Å². The van der Waals surface area contributed by atoms with Crippen molar-refractivity contribution in [3.05, 3.63) is 97.1 Å². The second-order valence-electron chi connectivity index (χ2n) is 9.49. The van der Waals surface area contributed by atoms with Crippen molar-refractivity contribution >= 4 is 23.9 Å². The van der Waals surface area contributed by atoms with Crippen molar-refractivity contribution in [2.24, 2.45) is 0 Å². The van der Waals surface area contributed by atoms with Crippen molar-refractivity contribution < 1.29 is 47.6 Å². The Labute approximate surface area is 251 Å². The molecule has 228 valence electrons. The molecule has 0 amide bonds. The van der Waals surface area contributed by atoms with E-state index >= 15 is 0 Å². The molecule has 0 radical (unpaired) electrons. The number of carbonyl (C=O) groups is 4. The van der Waals surface area contributed by atoms with Crippen LogP contribution in [0.4, 0.5) is 0 Å². The molecule has 43 heavy (non-hydrogen) atoms. The Kier molecular flexibility index (Phi) is 12.5. The Morgan fingerprint density at radius 3 is 1.26 bits per heavy atom. The predicted octanol–water partition coefficient (Wildman–Crippen LogP) is 5.03. The van der Waals surface area contributed by atoms with Gasteiger partial charge in [-0.2, -0.15) is 0 Å². The Morgan fingerprint density at radius 2 is 0.930 bits per heavy atom. The van der Waals surface area contributed by atoms with Gasteiger partial charge in [0.2, 0.25) is 0 Å². The van der Waals surface area contributed by atoms with Gasteiger partial charge in [-0.15, -0.1) is 0 Å². The maximum absolute atomic E-state index is 12.3. The smallest absolute Gasteiger partial charge is 0.335 e. The highest BCUT2D eigenvalue weighted by atomic mass is 16.6. The Balaban J connectivity index is 2.71. The predicted molar refractivity (Wildman–Crippen MR) is 159 cm³/mol. The molecule has 2 aromatic carbocycles. The van der Waals surface area contributed by atoms with Crippen molar-refractivity contribution in [2.75, 3.05) is 26.4 Å². The minimum Gasteiger partial charge on any atom is -0.486 e. The lowest BCUT2D eigenvalue weighted by Gasteiger charge is -2.32. The third-order valence-electron chi connectivity index (χ3n) is 6.18. The number of carbonyl (C=O) groups excluding carboxylic acids is 4. The maximum atomic E-state index is 12.3. The molecule has 0 unspecified atom stereocenters. The van der Waals surface area contributed by atoms with Gasteiger partial charge in [0.05, 0.1) is 0 Å². The zero-order valence-corrected chi connectivity index (χ0v) is 24.9. The minimum absolute atomic E-state index is 0.0706. The van der Waals surface area contributed by atoms with Crippen LogP contribution in [-0.2, 0) is 34.1 Å². The summed E-state index contributed by atoms with van der Waals surface area (Å²) in [5.74, 6) is -1.91. The highest BCUT2D eigenvalue weighted by molar-refractivity contribution is 5.85. The lowest BCUT2D eigenvalue weighted by Crippen LogP contribution is -2.24. The first-order chi connectivity index (χ1) is 20.4. The number of esters is 4. The van der Waals surface area contributed by atoms with Gasteiger partial charge >= 0.3 is 23.9 Å². The zero-order chi connectivity index (χ0) is 32.2. The van der Waals surface area contributed by atoms with E-state index in [4.69, 9.17) is 28.4 Å². The molecule has 0 atom stereocenters. The highest BCUT2D eigenvalue weighted by Crippen LogP contribution is 2.49. The van der Waals surface area contributed by atoms with E-state index in [1.54, 1.807) is 38.1 Å². The quantitative estimate of drug-likeness (QED) is 0.113. The number of hydrogen-bond donors (Lipinski definition) is 0. The zero-order valence-electron chi connectivity index (χ0n) is 24.9. The number of hydrogen-bond acceptors (Lipinski definition) is 10. The summed E-state index contributed by atoms with van der Waals surface area (Å²) in [6.07, 6.45) is 4.12. The van der Waals surface area contributed by atoms with E-state index in [9.17, 15) is 19.2 Å². The van der Waals surface area contributed by atoms with Crippen molar-refractivity contribution in [2.45, 2.75) is 33.1 Å². The molecule has 10 heteroatoms. The molecular formula is C33H36O10. The van der Waals surface area contributed by atoms with Crippen LogP contribution < -0.4 is 18.9 Å². The average molecular weight is 593 g/mol. The summed E-state index contributed by atoms with van der Waals surface area (Å²) in [7, 11) is 0. The van der Waals surface area contributed by atoms with Crippen LogP contribution in [0.3, 0.4) is 0 Å². The normalized spacial score (nSPS) is 10.5. The van der Waals surface area contributed by atoms with E-state index in [2.05, 4.69) is 26.3 Å². The van der Waals surface area contributed by atoms with Crippen molar-refractivity contribution in [3.63, 3.8) is 0 Å². The summed E-state index contributed by atoms with van der Waals surface area (Å²) in [6.45, 7) is 20.6. The van der Waals surface area contributed by atoms with Crippen LogP contribution in [0.2, 0.25) is 0 Å². The number of benzene rings is 2. The van der Waals surface area contributed by atoms with E-state index in [1.807, 2.05) is 13.8 Å². The van der Waals surface area contributed by atoms with Crippen molar-refractivity contribution in [1.29, 1.82) is 0 Å². The number of rotatable bonds is 16. The molecule has 10 nitrogen and oxygen atoms in total. The van der Waals surface area contributed by atoms with Gasteiger partial charge in [-0.1, -0.05) is 64.4 Å². The molecule has 0 aliphatic carbocycles. The second-order valence-corrected chi connectivity index (χ2v) is 9.49. The summed E-state index contributed by atoms with van der Waals surface area (Å²) >= 11 is 0. The number of aryl methyl sites for hydroxylation is 2. The van der Waals surface area contributed by atoms with Gasteiger partial charge in [-0.3, -0.25) is 0 Å². The van der Waals surface area contributed by atoms with E-state index in [1.165, 1.54) is 0 Å². The van der Waals surface area contributed by atoms with E-state index in [0.29, 0.717) is 22.3 Å². The Bertz CT molecular complexity index is 1310. The molecule has 0 saturated heterocycles. The summed E-state index contributed by atoms with van der Waals surface area (Å²) in [6, 6.07) is 7.12. The molecular weight excluding hydrogens is 556 g/mol. The molecule has 0 saturated carbocycles. The summed E-state index contributed by atoms with van der Waals surface area (Å²) in [4.78, 5) is 47.6. The topological polar surface area (TPSA) is 124 Å². The molecule has 0 spiro atoms. The molecule has 0 aromatic heterocycles. The van der Waals surface area contributed by atoms with Crippen LogP contribution in [0, 0.1) is 13.8 Å². The van der Waals surface area contributed by atoms with E-state index in [-0.39, 0.29) is 49.4 Å². The Morgan fingerprint density at radius 1 is 0.581 bits per heavy atom. The van der Waals surface area contributed by atoms with Crippen molar-refractivity contribution in [3.8, 4) is 23.0 Å². The minimum atomic E-state index is -0.952. The first-order valence-corrected chi connectivity index (χ1v) is 13.2. The summed E-state index contributed by atoms with van der Waals surface area (Å²) in [5, 5.41) is 0. The standard InChI is InChI=1S/C33H36O10/c1-9-25(34)38-17-19-40-31-23(15-13-21(5)29(31)42-27(36)11-3)33(7,8)24-16-14-22(6)30(43-28(37)12-4)32(24)41-20-18-39-26(35)10-2/h9-16H,1-4,17-20H2,5-8H3. The largest absolute Gasteiger partial charge is 0.486 e. The molecule has 0 aliphatic heterocycles. The van der Waals surface area contributed by atoms with Gasteiger partial charge in [0, 0.05) is 40.8 Å². The third kappa shape index (κ3) is 8.93. The SMILES string of the molecule is C=CC(=O)OCCOc1c(C(C)(C)c2ccc(C)c(OC(=O)C=C)c2OCCOC(=O)C=C)ccc(C)c1OC(=O)C=C. The third-order valence-corrected chi connectivity index (χ3v) is 6.18. The molecule has 0 heterocycles. The van der Waals surface area contributed by atoms with Crippen LogP contribution in [0.25, 0.3) is 0 Å². The first-order valence-electron chi connectivity index (χ1n) is 13.2. The number of ether oxygens (including phenoxy) is 6. The first kappa shape index (κ1) is 34.1. The maximum Gasteiger partial charge on any atom is 0.335 e. The van der Waals surface area contributed by atoms with Gasteiger partial charge < -0.3 is 28.4 Å². The Hall–Kier alpha value is -5.12. The monoisotopic (exact) mass is 592 g/mol. The fourth-order valence-electron chi connectivity index (χ4n) is 3.97. The molecule has 0 fully saturated rings. The van der Waals surface area contributed by atoms with Crippen LogP contribution in [0.5, 0.6) is 23.0 Å². The summed E-state index contributed by atoms with van der Waals surface area (Å²) in [5.41, 5.74) is 1.36. The van der Waals surface area contributed by atoms with Gasteiger partial charge in [0.15, 0.2) is 23.0 Å². The van der Waals surface area contributed by atoms with Gasteiger partial charge in [0.25, 0.3) is 0 Å². The molecule has 2 aromatic rings. The van der Waals surface area contributed by atoms with Crippen LogP contribution in [0.1, 0.15) is 36.1 Å². The lowest BCUT2D eigenvalue weighted by molar-refractivity contribution is -0.139. The van der Waals surface area contributed by atoms with Gasteiger partial charge in [0.1, 0.15) is 26.4 Å². The van der Waals surface area contributed by atoms with Gasteiger partial charge in [-0.05, 0) is 25.0 Å². The van der Waals surface area contributed by atoms with Crippen LogP contribution in [0.15, 0.2) is 74.9 Å². The van der Waals surface area contributed by atoms with Crippen LogP contribution in [-0.4, -0.2) is 50.3 Å². The van der Waals surface area contributed by atoms with E-state index in [0.717, 1.165) is 24.3 Å². The van der Waals surface area contributed by atoms with E-state index < -0.39 is 29.3 Å². The fraction of sp³-hybridized carbons (Fsp3) is 0.273. The van der Waals surface area contributed by atoms with Crippen molar-refractivity contribution in [1.82, 2.24) is 0 Å². The molecule has 2 rings (SSSR count). The fourth-order valence-corrected chi connectivity index (χ4v) is 3.97. The lowest BCUT2D eigenvalue weighted by atomic mass is 9.76. The molecule has 0 N–H and O–H groups in total. The second kappa shape index (κ2) is 15.8. The highest BCUT2D eigenvalue weighted by Gasteiger charge is 2.34. The molecule has 0 aliphatic rings. The molecule has 0 bridgehead atoms.